The monoisotopic (exact) mass is 219 g/mol. The molecule has 1 atom stereocenters. The predicted octanol–water partition coefficient (Wildman–Crippen LogP) is 3.04. The smallest absolute Gasteiger partial charge is 0.0549 e. The van der Waals surface area contributed by atoms with Crippen LogP contribution in [0.5, 0.6) is 0 Å². The number of hydrogen-bond acceptors (Lipinski definition) is 3. The highest BCUT2D eigenvalue weighted by molar-refractivity contribution is 5.51. The first kappa shape index (κ1) is 11.2. The second kappa shape index (κ2) is 4.32. The SMILES string of the molecule is CC1(C)CCCCC1Nc1cncc(N)c1. The lowest BCUT2D eigenvalue weighted by molar-refractivity contribution is 0.217. The summed E-state index contributed by atoms with van der Waals surface area (Å²) >= 11 is 0. The molecular weight excluding hydrogens is 198 g/mol. The molecule has 1 aliphatic carbocycles. The van der Waals surface area contributed by atoms with Gasteiger partial charge in [0.2, 0.25) is 0 Å². The highest BCUT2D eigenvalue weighted by atomic mass is 15.0. The third-order valence-electron chi connectivity index (χ3n) is 3.61. The summed E-state index contributed by atoms with van der Waals surface area (Å²) in [7, 11) is 0. The first-order valence-electron chi connectivity index (χ1n) is 6.05. The molecule has 1 aromatic rings. The Bertz CT molecular complexity index is 360. The van der Waals surface area contributed by atoms with Crippen LogP contribution in [0.4, 0.5) is 11.4 Å². The lowest BCUT2D eigenvalue weighted by atomic mass is 9.73. The van der Waals surface area contributed by atoms with Gasteiger partial charge in [0.1, 0.15) is 0 Å². The van der Waals surface area contributed by atoms with Crippen LogP contribution in [0.2, 0.25) is 0 Å². The molecule has 0 radical (unpaired) electrons. The number of nitrogen functional groups attached to an aromatic ring is 1. The number of nitrogens with two attached hydrogens (primary N) is 1. The van der Waals surface area contributed by atoms with Crippen LogP contribution in [0, 0.1) is 5.41 Å². The highest BCUT2D eigenvalue weighted by Crippen LogP contribution is 2.37. The number of anilines is 2. The molecule has 0 bridgehead atoms. The zero-order chi connectivity index (χ0) is 11.6. The second-order valence-electron chi connectivity index (χ2n) is 5.44. The summed E-state index contributed by atoms with van der Waals surface area (Å²) < 4.78 is 0. The Hall–Kier alpha value is -1.25. The maximum Gasteiger partial charge on any atom is 0.0549 e. The molecule has 1 saturated carbocycles. The van der Waals surface area contributed by atoms with Crippen molar-refractivity contribution in [2.24, 2.45) is 5.41 Å². The summed E-state index contributed by atoms with van der Waals surface area (Å²) in [6.45, 7) is 4.67. The Kier molecular flexibility index (Phi) is 3.03. The molecule has 0 spiro atoms. The van der Waals surface area contributed by atoms with Crippen molar-refractivity contribution >= 4 is 11.4 Å². The van der Waals surface area contributed by atoms with Gasteiger partial charge in [0, 0.05) is 12.2 Å². The Labute approximate surface area is 97.5 Å². The molecule has 3 N–H and O–H groups in total. The van der Waals surface area contributed by atoms with E-state index in [4.69, 9.17) is 5.73 Å². The van der Waals surface area contributed by atoms with Crippen molar-refractivity contribution in [3.05, 3.63) is 18.5 Å². The molecular formula is C13H21N3. The molecule has 16 heavy (non-hydrogen) atoms. The molecule has 3 nitrogen and oxygen atoms in total. The van der Waals surface area contributed by atoms with Crippen molar-refractivity contribution < 1.29 is 0 Å². The van der Waals surface area contributed by atoms with Gasteiger partial charge in [0.05, 0.1) is 17.6 Å². The van der Waals surface area contributed by atoms with E-state index in [1.54, 1.807) is 6.20 Å². The quantitative estimate of drug-likeness (QED) is 0.803. The number of nitrogens with one attached hydrogen (secondary N) is 1. The molecule has 0 aliphatic heterocycles. The summed E-state index contributed by atoms with van der Waals surface area (Å²) in [5, 5.41) is 3.57. The summed E-state index contributed by atoms with van der Waals surface area (Å²) in [4.78, 5) is 4.11. The minimum atomic E-state index is 0.364. The number of aromatic nitrogens is 1. The van der Waals surface area contributed by atoms with E-state index < -0.39 is 0 Å². The van der Waals surface area contributed by atoms with E-state index in [2.05, 4.69) is 24.1 Å². The molecule has 3 heteroatoms. The number of rotatable bonds is 2. The lowest BCUT2D eigenvalue weighted by Crippen LogP contribution is -2.38. The van der Waals surface area contributed by atoms with Crippen LogP contribution in [-0.4, -0.2) is 11.0 Å². The van der Waals surface area contributed by atoms with E-state index in [1.165, 1.54) is 25.7 Å². The van der Waals surface area contributed by atoms with Crippen LogP contribution >= 0.6 is 0 Å². The molecule has 2 rings (SSSR count). The summed E-state index contributed by atoms with van der Waals surface area (Å²) in [6.07, 6.45) is 8.72. The zero-order valence-electron chi connectivity index (χ0n) is 10.2. The van der Waals surface area contributed by atoms with Crippen molar-refractivity contribution in [3.8, 4) is 0 Å². The van der Waals surface area contributed by atoms with Gasteiger partial charge in [0.25, 0.3) is 0 Å². The van der Waals surface area contributed by atoms with Gasteiger partial charge in [-0.1, -0.05) is 26.7 Å². The third-order valence-corrected chi connectivity index (χ3v) is 3.61. The molecule has 1 fully saturated rings. The number of pyridine rings is 1. The molecule has 1 unspecified atom stereocenters. The van der Waals surface area contributed by atoms with Gasteiger partial charge in [-0.2, -0.15) is 0 Å². The Morgan fingerprint density at radius 2 is 2.19 bits per heavy atom. The van der Waals surface area contributed by atoms with E-state index in [0.29, 0.717) is 11.5 Å². The minimum Gasteiger partial charge on any atom is -0.397 e. The summed E-state index contributed by atoms with van der Waals surface area (Å²) in [6, 6.07) is 2.49. The largest absolute Gasteiger partial charge is 0.397 e. The molecule has 0 aromatic carbocycles. The van der Waals surface area contributed by atoms with E-state index in [1.807, 2.05) is 12.3 Å². The highest BCUT2D eigenvalue weighted by Gasteiger charge is 2.31. The average Bonchev–Trinajstić information content (AvgIpc) is 2.21. The van der Waals surface area contributed by atoms with Crippen LogP contribution in [-0.2, 0) is 0 Å². The molecule has 0 amide bonds. The van der Waals surface area contributed by atoms with Gasteiger partial charge in [0.15, 0.2) is 0 Å². The van der Waals surface area contributed by atoms with Gasteiger partial charge in [-0.3, -0.25) is 4.98 Å². The summed E-state index contributed by atoms with van der Waals surface area (Å²) in [5.41, 5.74) is 7.86. The third kappa shape index (κ3) is 2.46. The lowest BCUT2D eigenvalue weighted by Gasteiger charge is -2.39. The first-order chi connectivity index (χ1) is 7.58. The van der Waals surface area contributed by atoms with E-state index in [0.717, 1.165) is 11.4 Å². The zero-order valence-corrected chi connectivity index (χ0v) is 10.2. The topological polar surface area (TPSA) is 50.9 Å². The Balaban J connectivity index is 2.08. The van der Waals surface area contributed by atoms with Crippen molar-refractivity contribution in [3.63, 3.8) is 0 Å². The maximum absolute atomic E-state index is 5.73. The van der Waals surface area contributed by atoms with Gasteiger partial charge in [-0.25, -0.2) is 0 Å². The first-order valence-corrected chi connectivity index (χ1v) is 6.05. The molecule has 1 heterocycles. The fourth-order valence-electron chi connectivity index (χ4n) is 2.50. The van der Waals surface area contributed by atoms with Crippen LogP contribution in [0.1, 0.15) is 39.5 Å². The Morgan fingerprint density at radius 3 is 2.88 bits per heavy atom. The maximum atomic E-state index is 5.73. The van der Waals surface area contributed by atoms with Crippen molar-refractivity contribution in [2.75, 3.05) is 11.1 Å². The molecule has 1 aliphatic rings. The van der Waals surface area contributed by atoms with Crippen LogP contribution in [0.3, 0.4) is 0 Å². The molecule has 0 saturated heterocycles. The van der Waals surface area contributed by atoms with Crippen molar-refractivity contribution in [1.29, 1.82) is 0 Å². The van der Waals surface area contributed by atoms with E-state index >= 15 is 0 Å². The van der Waals surface area contributed by atoms with Crippen LogP contribution in [0.15, 0.2) is 18.5 Å². The fraction of sp³-hybridized carbons (Fsp3) is 0.615. The molecule has 1 aromatic heterocycles. The van der Waals surface area contributed by atoms with Gasteiger partial charge in [-0.05, 0) is 24.3 Å². The van der Waals surface area contributed by atoms with Crippen molar-refractivity contribution in [2.45, 2.75) is 45.6 Å². The van der Waals surface area contributed by atoms with Crippen LogP contribution in [0.25, 0.3) is 0 Å². The van der Waals surface area contributed by atoms with Gasteiger partial charge in [-0.15, -0.1) is 0 Å². The van der Waals surface area contributed by atoms with Gasteiger partial charge >= 0.3 is 0 Å². The minimum absolute atomic E-state index is 0.364. The number of nitrogens with zero attached hydrogens (tertiary/aromatic N) is 1. The van der Waals surface area contributed by atoms with Crippen molar-refractivity contribution in [1.82, 2.24) is 4.98 Å². The predicted molar refractivity (Wildman–Crippen MR) is 68.3 cm³/mol. The Morgan fingerprint density at radius 1 is 1.38 bits per heavy atom. The van der Waals surface area contributed by atoms with Gasteiger partial charge < -0.3 is 11.1 Å². The van der Waals surface area contributed by atoms with E-state index in [9.17, 15) is 0 Å². The standard InChI is InChI=1S/C13H21N3/c1-13(2)6-4-3-5-12(13)16-11-7-10(14)8-15-9-11/h7-9,12,16H,3-6,14H2,1-2H3. The molecule has 88 valence electrons. The average molecular weight is 219 g/mol. The van der Waals surface area contributed by atoms with E-state index in [-0.39, 0.29) is 0 Å². The summed E-state index contributed by atoms with van der Waals surface area (Å²) in [5.74, 6) is 0. The number of hydrogen-bond donors (Lipinski definition) is 2. The normalized spacial score (nSPS) is 24.0. The van der Waals surface area contributed by atoms with Crippen LogP contribution < -0.4 is 11.1 Å². The fourth-order valence-corrected chi connectivity index (χ4v) is 2.50. The second-order valence-corrected chi connectivity index (χ2v) is 5.44.